The lowest BCUT2D eigenvalue weighted by atomic mass is 10.2. The smallest absolute Gasteiger partial charge is 0.272 e. The van der Waals surface area contributed by atoms with Crippen LogP contribution in [0.4, 0.5) is 13.2 Å². The van der Waals surface area contributed by atoms with Crippen molar-refractivity contribution >= 4 is 21.6 Å². The first-order valence-corrected chi connectivity index (χ1v) is 9.02. The molecule has 0 amide bonds. The number of aromatic nitrogens is 2. The Morgan fingerprint density at radius 2 is 1.89 bits per heavy atom. The Bertz CT molecular complexity index is 1090. The van der Waals surface area contributed by atoms with Crippen LogP contribution in [0.2, 0.25) is 0 Å². The predicted octanol–water partition coefficient (Wildman–Crippen LogP) is 2.80. The maximum atomic E-state index is 14.4. The fourth-order valence-corrected chi connectivity index (χ4v) is 3.27. The summed E-state index contributed by atoms with van der Waals surface area (Å²) < 4.78 is 78.6. The van der Waals surface area contributed by atoms with Crippen LogP contribution in [-0.4, -0.2) is 45.2 Å². The van der Waals surface area contributed by atoms with Gasteiger partial charge in [0.1, 0.15) is 11.4 Å². The molecule has 7 nitrogen and oxygen atoms in total. The molecule has 0 N–H and O–H groups in total. The summed E-state index contributed by atoms with van der Waals surface area (Å²) in [5.41, 5.74) is 0.458. The molecule has 3 aromatic rings. The molecule has 0 saturated carbocycles. The summed E-state index contributed by atoms with van der Waals surface area (Å²) in [5, 5.41) is 0.386. The predicted molar refractivity (Wildman–Crippen MR) is 94.2 cm³/mol. The Morgan fingerprint density at radius 3 is 2.50 bits per heavy atom. The summed E-state index contributed by atoms with van der Waals surface area (Å²) >= 11 is 0. The lowest BCUT2D eigenvalue weighted by Gasteiger charge is -2.13. The van der Waals surface area contributed by atoms with Gasteiger partial charge in [0.25, 0.3) is 12.3 Å². The maximum Gasteiger partial charge on any atom is 0.272 e. The molecule has 0 bridgehead atoms. The van der Waals surface area contributed by atoms with E-state index < -0.39 is 35.4 Å². The number of hydrogen-bond donors (Lipinski definition) is 1. The third-order valence-corrected chi connectivity index (χ3v) is 4.63. The van der Waals surface area contributed by atoms with Crippen LogP contribution in [0.1, 0.15) is 0 Å². The van der Waals surface area contributed by atoms with Gasteiger partial charge < -0.3 is 18.8 Å². The van der Waals surface area contributed by atoms with Crippen LogP contribution < -0.4 is 14.2 Å². The molecule has 0 unspecified atom stereocenters. The first-order valence-electron chi connectivity index (χ1n) is 7.85. The van der Waals surface area contributed by atoms with Crippen molar-refractivity contribution in [3.63, 3.8) is 0 Å². The van der Waals surface area contributed by atoms with Crippen molar-refractivity contribution in [1.29, 1.82) is 0 Å². The van der Waals surface area contributed by atoms with Crippen LogP contribution in [0.3, 0.4) is 0 Å². The Hall–Kier alpha value is -2.95. The number of nitrogens with zero attached hydrogens (tertiary/aromatic N) is 2. The zero-order valence-corrected chi connectivity index (χ0v) is 15.6. The highest BCUT2D eigenvalue weighted by Crippen LogP contribution is 2.34. The number of fused-ring (bicyclic) bond motifs is 1. The van der Waals surface area contributed by atoms with Crippen LogP contribution >= 0.6 is 0 Å². The Kier molecular flexibility index (Phi) is 5.63. The summed E-state index contributed by atoms with van der Waals surface area (Å²) in [6, 6.07) is 5.68. The molecule has 0 saturated heterocycles. The average Bonchev–Trinajstić information content (AvgIpc) is 3.05. The third kappa shape index (κ3) is 3.70. The number of thiol groups is 1. The van der Waals surface area contributed by atoms with Crippen LogP contribution in [0.25, 0.3) is 16.6 Å². The Morgan fingerprint density at radius 1 is 1.14 bits per heavy atom. The fourth-order valence-electron chi connectivity index (χ4n) is 2.67. The number of rotatable bonds is 7. The van der Waals surface area contributed by atoms with Gasteiger partial charge in [-0.25, -0.2) is 21.6 Å². The van der Waals surface area contributed by atoms with Gasteiger partial charge in [0.2, 0.25) is 5.88 Å². The summed E-state index contributed by atoms with van der Waals surface area (Å²) in [5.74, 6) is -1.35. The van der Waals surface area contributed by atoms with Gasteiger partial charge in [-0.2, -0.15) is 4.98 Å². The van der Waals surface area contributed by atoms with Crippen molar-refractivity contribution < 1.29 is 35.8 Å². The van der Waals surface area contributed by atoms with E-state index >= 15 is 0 Å². The lowest BCUT2D eigenvalue weighted by Crippen LogP contribution is -2.10. The van der Waals surface area contributed by atoms with E-state index in [9.17, 15) is 21.6 Å². The maximum absolute atomic E-state index is 14.4. The molecule has 0 aliphatic rings. The van der Waals surface area contributed by atoms with E-state index in [0.29, 0.717) is 16.7 Å². The van der Waals surface area contributed by atoms with Crippen LogP contribution in [-0.2, 0) is 10.7 Å². The topological polar surface area (TPSA) is 79.7 Å². The molecule has 11 heteroatoms. The molecule has 0 atom stereocenters. The first kappa shape index (κ1) is 19.8. The van der Waals surface area contributed by atoms with E-state index in [4.69, 9.17) is 9.47 Å². The van der Waals surface area contributed by atoms with Gasteiger partial charge in [-0.05, 0) is 12.1 Å². The number of benzene rings is 1. The molecule has 0 radical (unpaired) electrons. The second-order valence-corrected chi connectivity index (χ2v) is 6.53. The first-order chi connectivity index (χ1) is 13.3. The number of ether oxygens (including phenoxy) is 3. The molecule has 0 spiro atoms. The average molecular weight is 416 g/mol. The highest BCUT2D eigenvalue weighted by molar-refractivity contribution is 7.72. The number of hydrogen-bond acceptors (Lipinski definition) is 6. The molecule has 2 aromatic heterocycles. The molecule has 0 aliphatic carbocycles. The second kappa shape index (κ2) is 7.97. The normalized spacial score (nSPS) is 11.4. The van der Waals surface area contributed by atoms with Gasteiger partial charge in [-0.3, -0.25) is 0 Å². The zero-order chi connectivity index (χ0) is 20.4. The van der Waals surface area contributed by atoms with E-state index in [1.165, 1.54) is 25.0 Å². The lowest BCUT2D eigenvalue weighted by molar-refractivity contribution is 0.0769. The van der Waals surface area contributed by atoms with E-state index in [1.54, 1.807) is 18.2 Å². The van der Waals surface area contributed by atoms with Crippen molar-refractivity contribution in [2.75, 3.05) is 20.8 Å². The van der Waals surface area contributed by atoms with Crippen molar-refractivity contribution in [2.45, 2.75) is 11.3 Å². The van der Waals surface area contributed by atoms with Gasteiger partial charge in [-0.1, -0.05) is 0 Å². The second-order valence-electron chi connectivity index (χ2n) is 5.53. The molecule has 0 aliphatic heterocycles. The molecular weight excluding hydrogens is 401 g/mol. The standard InChI is InChI=1S/C17H15F3N2O5S/c1-25-9-3-4-10-12(5-9)22(7-14(10)28(23)24)13-6-11(18)16(21-17(13)26-2)27-8-15(19)20/h3-7,15,28H,8H2,1-2H3. The number of pyridine rings is 1. The summed E-state index contributed by atoms with van der Waals surface area (Å²) in [7, 11) is -0.248. The third-order valence-electron chi connectivity index (χ3n) is 3.88. The Balaban J connectivity index is 2.22. The van der Waals surface area contributed by atoms with Gasteiger partial charge in [0, 0.05) is 23.7 Å². The van der Waals surface area contributed by atoms with Crippen molar-refractivity contribution in [2.24, 2.45) is 0 Å². The van der Waals surface area contributed by atoms with Gasteiger partial charge >= 0.3 is 0 Å². The minimum absolute atomic E-state index is 0.00754. The molecule has 1 aromatic carbocycles. The molecule has 28 heavy (non-hydrogen) atoms. The number of methoxy groups -OCH3 is 2. The van der Waals surface area contributed by atoms with Crippen molar-refractivity contribution in [3.05, 3.63) is 36.3 Å². The SMILES string of the molecule is COc1ccc2c([SH](=O)=O)cn(-c3cc(F)c(OCC(F)F)nc3OC)c2c1. The van der Waals surface area contributed by atoms with Crippen LogP contribution in [0.5, 0.6) is 17.5 Å². The van der Waals surface area contributed by atoms with E-state index in [-0.39, 0.29) is 16.5 Å². The van der Waals surface area contributed by atoms with E-state index in [1.807, 2.05) is 0 Å². The highest BCUT2D eigenvalue weighted by atomic mass is 32.2. The molecule has 150 valence electrons. The van der Waals surface area contributed by atoms with Gasteiger partial charge in [-0.15, -0.1) is 0 Å². The molecule has 2 heterocycles. The van der Waals surface area contributed by atoms with Crippen molar-refractivity contribution in [3.8, 4) is 23.2 Å². The van der Waals surface area contributed by atoms with E-state index in [0.717, 1.165) is 6.07 Å². The molecule has 3 rings (SSSR count). The molecule has 0 fully saturated rings. The van der Waals surface area contributed by atoms with Gasteiger partial charge in [0.15, 0.2) is 23.1 Å². The monoisotopic (exact) mass is 416 g/mol. The van der Waals surface area contributed by atoms with Crippen LogP contribution in [0.15, 0.2) is 35.4 Å². The van der Waals surface area contributed by atoms with Crippen LogP contribution in [0, 0.1) is 5.82 Å². The largest absolute Gasteiger partial charge is 0.497 e. The van der Waals surface area contributed by atoms with E-state index in [2.05, 4.69) is 9.72 Å². The van der Waals surface area contributed by atoms with Crippen molar-refractivity contribution in [1.82, 2.24) is 9.55 Å². The minimum atomic E-state index is -2.94. The van der Waals surface area contributed by atoms with Gasteiger partial charge in [0.05, 0.1) is 24.6 Å². The zero-order valence-electron chi connectivity index (χ0n) is 14.7. The number of alkyl halides is 2. The number of halogens is 3. The Labute approximate surface area is 159 Å². The molecular formula is C17H15F3N2O5S. The summed E-state index contributed by atoms with van der Waals surface area (Å²) in [6.07, 6.45) is -1.52. The minimum Gasteiger partial charge on any atom is -0.497 e. The fraction of sp³-hybridized carbons (Fsp3) is 0.235. The summed E-state index contributed by atoms with van der Waals surface area (Å²) in [6.45, 7) is -1.03. The summed E-state index contributed by atoms with van der Waals surface area (Å²) in [4.78, 5) is 3.79. The highest BCUT2D eigenvalue weighted by Gasteiger charge is 2.20. The quantitative estimate of drug-likeness (QED) is 0.597.